The van der Waals surface area contributed by atoms with Gasteiger partial charge in [-0.25, -0.2) is 0 Å². The highest BCUT2D eigenvalue weighted by molar-refractivity contribution is 8.00. The van der Waals surface area contributed by atoms with Crippen LogP contribution in [-0.2, 0) is 4.79 Å². The number of benzene rings is 1. The third-order valence-electron chi connectivity index (χ3n) is 3.16. The average molecular weight is 295 g/mol. The molecule has 1 aliphatic rings. The molecule has 0 saturated carbocycles. The number of carbonyl (C=O) groups excluding carboxylic acids is 2. The van der Waals surface area contributed by atoms with Crippen molar-refractivity contribution in [3.05, 3.63) is 23.8 Å². The van der Waals surface area contributed by atoms with Crippen LogP contribution in [0.2, 0.25) is 0 Å². The third-order valence-corrected chi connectivity index (χ3v) is 4.29. The Hall–Kier alpha value is -1.53. The Bertz CT molecular complexity index is 532. The van der Waals surface area contributed by atoms with Crippen molar-refractivity contribution in [2.24, 2.45) is 0 Å². The lowest BCUT2D eigenvalue weighted by atomic mass is 10.1. The summed E-state index contributed by atoms with van der Waals surface area (Å²) in [5.41, 5.74) is 1.17. The number of ketones is 1. The second kappa shape index (κ2) is 6.28. The third kappa shape index (κ3) is 2.96. The summed E-state index contributed by atoms with van der Waals surface area (Å²) in [6.07, 6.45) is 0. The van der Waals surface area contributed by atoms with E-state index in [1.165, 1.54) is 16.7 Å². The highest BCUT2D eigenvalue weighted by atomic mass is 32.2. The molecule has 2 rings (SSSR count). The fourth-order valence-corrected chi connectivity index (χ4v) is 2.71. The minimum absolute atomic E-state index is 0.0160. The van der Waals surface area contributed by atoms with Crippen molar-refractivity contribution in [2.45, 2.75) is 12.2 Å². The first kappa shape index (κ1) is 14.9. The van der Waals surface area contributed by atoms with Gasteiger partial charge in [-0.1, -0.05) is 0 Å². The molecule has 1 aromatic rings. The number of amides is 1. The number of thioether (sulfide) groups is 1. The van der Waals surface area contributed by atoms with Crippen molar-refractivity contribution in [1.29, 1.82) is 0 Å². The lowest BCUT2D eigenvalue weighted by Crippen LogP contribution is -2.35. The van der Waals surface area contributed by atoms with Crippen LogP contribution in [-0.4, -0.2) is 48.1 Å². The minimum Gasteiger partial charge on any atom is -0.482 e. The first-order valence-electron chi connectivity index (χ1n) is 6.34. The van der Waals surface area contributed by atoms with Crippen LogP contribution in [0.5, 0.6) is 5.75 Å². The van der Waals surface area contributed by atoms with Crippen LogP contribution in [0.15, 0.2) is 18.2 Å². The van der Waals surface area contributed by atoms with E-state index in [9.17, 15) is 9.59 Å². The van der Waals surface area contributed by atoms with Gasteiger partial charge in [-0.3, -0.25) is 9.59 Å². The summed E-state index contributed by atoms with van der Waals surface area (Å²) in [7, 11) is 1.67. The van der Waals surface area contributed by atoms with E-state index in [2.05, 4.69) is 0 Å². The summed E-state index contributed by atoms with van der Waals surface area (Å²) < 4.78 is 5.33. The second-order valence-electron chi connectivity index (χ2n) is 4.52. The van der Waals surface area contributed by atoms with Crippen LogP contribution >= 0.6 is 11.8 Å². The number of carbonyl (C=O) groups is 2. The number of hydrogen-bond acceptors (Lipinski definition) is 5. The number of aliphatic hydroxyl groups excluding tert-OH is 1. The molecular weight excluding hydrogens is 278 g/mol. The number of Topliss-reactive ketones (excluding diaryl/α,β-unsaturated/α-hetero) is 1. The first-order chi connectivity index (χ1) is 9.54. The molecule has 5 nitrogen and oxygen atoms in total. The van der Waals surface area contributed by atoms with Crippen molar-refractivity contribution in [3.8, 4) is 5.75 Å². The molecule has 0 aliphatic carbocycles. The van der Waals surface area contributed by atoms with E-state index in [4.69, 9.17) is 9.84 Å². The van der Waals surface area contributed by atoms with Gasteiger partial charge in [-0.05, 0) is 25.1 Å². The summed E-state index contributed by atoms with van der Waals surface area (Å²) in [5.74, 6) is 0.987. The quantitative estimate of drug-likeness (QED) is 0.830. The van der Waals surface area contributed by atoms with Crippen LogP contribution in [0.25, 0.3) is 0 Å². The lowest BCUT2D eigenvalue weighted by Gasteiger charge is -2.26. The second-order valence-corrected chi connectivity index (χ2v) is 5.97. The molecule has 6 heteroatoms. The highest BCUT2D eigenvalue weighted by Crippen LogP contribution is 2.32. The van der Waals surface area contributed by atoms with Crippen LogP contribution < -0.4 is 9.64 Å². The molecule has 0 saturated heterocycles. The number of ether oxygens (including phenoxy) is 1. The van der Waals surface area contributed by atoms with Gasteiger partial charge >= 0.3 is 0 Å². The predicted molar refractivity (Wildman–Crippen MR) is 78.7 cm³/mol. The van der Waals surface area contributed by atoms with Gasteiger partial charge in [0.25, 0.3) is 5.91 Å². The average Bonchev–Trinajstić information content (AvgIpc) is 2.47. The number of fused-ring (bicyclic) bond motifs is 1. The molecule has 20 heavy (non-hydrogen) atoms. The molecule has 0 bridgehead atoms. The monoisotopic (exact) mass is 295 g/mol. The van der Waals surface area contributed by atoms with Crippen molar-refractivity contribution in [2.75, 3.05) is 30.9 Å². The summed E-state index contributed by atoms with van der Waals surface area (Å²) >= 11 is 1.41. The number of aliphatic hydroxyl groups is 1. The van der Waals surface area contributed by atoms with Gasteiger partial charge in [-0.2, -0.15) is 0 Å². The topological polar surface area (TPSA) is 66.8 Å². The minimum atomic E-state index is -0.231. The fourth-order valence-electron chi connectivity index (χ4n) is 1.97. The zero-order chi connectivity index (χ0) is 14.7. The molecule has 1 aliphatic heterocycles. The molecule has 1 amide bonds. The molecular formula is C14H17NO4S. The molecule has 0 radical (unpaired) electrons. The van der Waals surface area contributed by atoms with E-state index >= 15 is 0 Å². The van der Waals surface area contributed by atoms with Gasteiger partial charge in [0.2, 0.25) is 0 Å². The zero-order valence-electron chi connectivity index (χ0n) is 11.5. The predicted octanol–water partition coefficient (Wildman–Crippen LogP) is 1.34. The zero-order valence-corrected chi connectivity index (χ0v) is 12.3. The van der Waals surface area contributed by atoms with Gasteiger partial charge in [-0.15, -0.1) is 11.8 Å². The molecule has 0 fully saturated rings. The molecule has 108 valence electrons. The Kier molecular flexibility index (Phi) is 4.67. The van der Waals surface area contributed by atoms with E-state index in [-0.39, 0.29) is 30.2 Å². The number of rotatable bonds is 5. The first-order valence-corrected chi connectivity index (χ1v) is 7.39. The molecule has 1 unspecified atom stereocenters. The van der Waals surface area contributed by atoms with E-state index in [0.717, 1.165) is 0 Å². The van der Waals surface area contributed by atoms with Gasteiger partial charge < -0.3 is 14.7 Å². The molecule has 0 spiro atoms. The summed E-state index contributed by atoms with van der Waals surface area (Å²) in [6, 6.07) is 5.11. The standard InChI is InChI=1S/C14H17NO4S/c1-9(20-6-5-16)14(18)10-3-4-12-11(7-10)15(2)13(17)8-19-12/h3-4,7,9,16H,5-6,8H2,1-2H3. The Morgan fingerprint density at radius 2 is 2.30 bits per heavy atom. The van der Waals surface area contributed by atoms with Crippen LogP contribution in [0.3, 0.4) is 0 Å². The maximum absolute atomic E-state index is 12.3. The Labute approximate surface area is 121 Å². The number of likely N-dealkylation sites (N-methyl/N-ethyl adjacent to an activating group) is 1. The fraction of sp³-hybridized carbons (Fsp3) is 0.429. The number of hydrogen-bond donors (Lipinski definition) is 1. The van der Waals surface area contributed by atoms with Crippen LogP contribution in [0.4, 0.5) is 5.69 Å². The van der Waals surface area contributed by atoms with Gasteiger partial charge in [0.1, 0.15) is 5.75 Å². The summed E-state index contributed by atoms with van der Waals surface area (Å²) in [4.78, 5) is 25.4. The van der Waals surface area contributed by atoms with Crippen molar-refractivity contribution in [1.82, 2.24) is 0 Å². The van der Waals surface area contributed by atoms with Gasteiger partial charge in [0, 0.05) is 18.4 Å². The number of anilines is 1. The molecule has 1 aromatic carbocycles. The van der Waals surface area contributed by atoms with Gasteiger partial charge in [0.05, 0.1) is 17.5 Å². The smallest absolute Gasteiger partial charge is 0.264 e. The molecule has 1 N–H and O–H groups in total. The van der Waals surface area contributed by atoms with Crippen LogP contribution in [0, 0.1) is 0 Å². The van der Waals surface area contributed by atoms with E-state index in [1.807, 2.05) is 6.92 Å². The Morgan fingerprint density at radius 3 is 3.00 bits per heavy atom. The SMILES string of the molecule is CC(SCCO)C(=O)c1ccc2c(c1)N(C)C(=O)CO2. The van der Waals surface area contributed by atoms with Crippen LogP contribution in [0.1, 0.15) is 17.3 Å². The lowest BCUT2D eigenvalue weighted by molar-refractivity contribution is -0.120. The Balaban J connectivity index is 2.22. The molecule has 1 atom stereocenters. The summed E-state index contributed by atoms with van der Waals surface area (Å²) in [6.45, 7) is 1.89. The normalized spacial score (nSPS) is 15.6. The number of nitrogens with zero attached hydrogens (tertiary/aromatic N) is 1. The van der Waals surface area contributed by atoms with E-state index < -0.39 is 0 Å². The van der Waals surface area contributed by atoms with Crippen molar-refractivity contribution in [3.63, 3.8) is 0 Å². The largest absolute Gasteiger partial charge is 0.482 e. The van der Waals surface area contributed by atoms with E-state index in [0.29, 0.717) is 22.8 Å². The van der Waals surface area contributed by atoms with Gasteiger partial charge in [0.15, 0.2) is 12.4 Å². The maximum atomic E-state index is 12.3. The van der Waals surface area contributed by atoms with E-state index in [1.54, 1.807) is 25.2 Å². The van der Waals surface area contributed by atoms with Crippen molar-refractivity contribution < 1.29 is 19.4 Å². The molecule has 1 heterocycles. The Morgan fingerprint density at radius 1 is 1.55 bits per heavy atom. The van der Waals surface area contributed by atoms with Crippen molar-refractivity contribution >= 4 is 29.1 Å². The summed E-state index contributed by atoms with van der Waals surface area (Å²) in [5, 5.41) is 8.57. The maximum Gasteiger partial charge on any atom is 0.264 e. The highest BCUT2D eigenvalue weighted by Gasteiger charge is 2.24. The molecule has 0 aromatic heterocycles.